The first-order valence-corrected chi connectivity index (χ1v) is 6.46. The minimum atomic E-state index is -2.30. The molecule has 0 amide bonds. The second kappa shape index (κ2) is 4.58. The fourth-order valence-electron chi connectivity index (χ4n) is 1.14. The van der Waals surface area contributed by atoms with Gasteiger partial charge in [-0.15, -0.1) is 0 Å². The fraction of sp³-hybridized carbons (Fsp3) is 0.250. The van der Waals surface area contributed by atoms with Gasteiger partial charge < -0.3 is 4.57 Å². The molecule has 4 nitrogen and oxygen atoms in total. The summed E-state index contributed by atoms with van der Waals surface area (Å²) in [5.41, 5.74) is -0.0707. The summed E-state index contributed by atoms with van der Waals surface area (Å²) in [5.74, 6) is 0. The summed E-state index contributed by atoms with van der Waals surface area (Å²) in [6.45, 7) is 1.62. The average Bonchev–Trinajstić information content (AvgIpc) is 2.16. The topological polar surface area (TPSA) is 60.2 Å². The number of rotatable bonds is 3. The van der Waals surface area contributed by atoms with Gasteiger partial charge in [-0.05, 0) is 0 Å². The predicted octanol–water partition coefficient (Wildman–Crippen LogP) is 3.37. The molecule has 1 rings (SSSR count). The number of para-hydroxylation sites is 1. The Bertz CT molecular complexity index is 383. The Morgan fingerprint density at radius 2 is 2.07 bits per heavy atom. The van der Waals surface area contributed by atoms with Crippen molar-refractivity contribution in [1.82, 2.24) is 0 Å². The molecule has 0 aromatic heterocycles. The Kier molecular flexibility index (Phi) is 3.67. The minimum Gasteiger partial charge on any atom is -0.309 e. The van der Waals surface area contributed by atoms with Crippen molar-refractivity contribution < 1.29 is 9.49 Å². The fourth-order valence-corrected chi connectivity index (χ4v) is 1.98. The Morgan fingerprint density at radius 1 is 1.50 bits per heavy atom. The molecule has 0 N–H and O–H groups in total. The second-order valence-electron chi connectivity index (χ2n) is 2.84. The second-order valence-corrected chi connectivity index (χ2v) is 5.43. The molecule has 0 aliphatic rings. The van der Waals surface area contributed by atoms with Crippen LogP contribution in [-0.2, 0) is 4.57 Å². The number of nitro groups is 1. The summed E-state index contributed by atoms with van der Waals surface area (Å²) in [5, 5.41) is 10.6. The van der Waals surface area contributed by atoms with Gasteiger partial charge in [0, 0.05) is 11.6 Å². The zero-order valence-corrected chi connectivity index (χ0v) is 9.19. The van der Waals surface area contributed by atoms with Crippen LogP contribution in [0, 0.1) is 10.1 Å². The van der Waals surface area contributed by atoms with Crippen molar-refractivity contribution in [1.29, 1.82) is 0 Å². The Labute approximate surface area is 86.6 Å². The van der Waals surface area contributed by atoms with E-state index in [1.54, 1.807) is 25.1 Å². The first kappa shape index (κ1) is 11.2. The number of hydrogen-bond acceptors (Lipinski definition) is 3. The third-order valence-electron chi connectivity index (χ3n) is 1.94. The summed E-state index contributed by atoms with van der Waals surface area (Å²) >= 11 is 5.46. The van der Waals surface area contributed by atoms with E-state index in [4.69, 9.17) is 11.2 Å². The highest BCUT2D eigenvalue weighted by Crippen LogP contribution is 2.46. The highest BCUT2D eigenvalue weighted by Gasteiger charge is 2.20. The summed E-state index contributed by atoms with van der Waals surface area (Å²) in [6.07, 6.45) is 0. The van der Waals surface area contributed by atoms with E-state index in [-0.39, 0.29) is 5.69 Å². The van der Waals surface area contributed by atoms with Gasteiger partial charge in [0.05, 0.1) is 10.6 Å². The lowest BCUT2D eigenvalue weighted by Gasteiger charge is -2.07. The van der Waals surface area contributed by atoms with Gasteiger partial charge >= 0.3 is 0 Å². The number of nitrogens with zero attached hydrogens (tertiary/aromatic N) is 1. The third-order valence-corrected chi connectivity index (χ3v) is 3.91. The lowest BCUT2D eigenvalue weighted by atomic mass is 10.1. The molecule has 0 radical (unpaired) electrons. The van der Waals surface area contributed by atoms with Gasteiger partial charge in [0.1, 0.15) is 0 Å². The first-order chi connectivity index (χ1) is 6.54. The van der Waals surface area contributed by atoms with Gasteiger partial charge in [-0.25, -0.2) is 0 Å². The predicted molar refractivity (Wildman–Crippen MR) is 56.4 cm³/mol. The van der Waals surface area contributed by atoms with Gasteiger partial charge in [0.25, 0.3) is 5.69 Å². The third kappa shape index (κ3) is 2.34. The van der Waals surface area contributed by atoms with Crippen LogP contribution < -0.4 is 0 Å². The first-order valence-electron chi connectivity index (χ1n) is 3.96. The van der Waals surface area contributed by atoms with Crippen molar-refractivity contribution in [3.8, 4) is 0 Å². The van der Waals surface area contributed by atoms with Crippen molar-refractivity contribution in [3.63, 3.8) is 0 Å². The quantitative estimate of drug-likeness (QED) is 0.457. The van der Waals surface area contributed by atoms with Crippen LogP contribution in [0.3, 0.4) is 0 Å². The molecular formula is C8H9ClNO3P. The summed E-state index contributed by atoms with van der Waals surface area (Å²) in [6, 6.07) is 6.20. The molecule has 0 bridgehead atoms. The number of nitro benzene ring substituents is 1. The zero-order chi connectivity index (χ0) is 10.7. The van der Waals surface area contributed by atoms with Gasteiger partial charge in [0.2, 0.25) is 0 Å². The molecule has 0 spiro atoms. The highest BCUT2D eigenvalue weighted by atomic mass is 35.7. The van der Waals surface area contributed by atoms with Crippen LogP contribution in [0.2, 0.25) is 0 Å². The molecule has 0 saturated heterocycles. The van der Waals surface area contributed by atoms with E-state index in [1.807, 2.05) is 0 Å². The van der Waals surface area contributed by atoms with Crippen molar-refractivity contribution >= 4 is 24.1 Å². The molecule has 0 fully saturated rings. The molecule has 2 atom stereocenters. The lowest BCUT2D eigenvalue weighted by Crippen LogP contribution is -1.95. The van der Waals surface area contributed by atoms with Crippen LogP contribution in [0.15, 0.2) is 24.3 Å². The largest absolute Gasteiger partial charge is 0.309 e. The van der Waals surface area contributed by atoms with Gasteiger partial charge in [-0.3, -0.25) is 10.1 Å². The van der Waals surface area contributed by atoms with E-state index >= 15 is 0 Å². The molecule has 2 unspecified atom stereocenters. The van der Waals surface area contributed by atoms with E-state index in [1.165, 1.54) is 6.07 Å². The van der Waals surface area contributed by atoms with Gasteiger partial charge in [0.15, 0.2) is 7.15 Å². The van der Waals surface area contributed by atoms with Crippen LogP contribution in [0.4, 0.5) is 5.69 Å². The van der Waals surface area contributed by atoms with Crippen molar-refractivity contribution in [2.24, 2.45) is 0 Å². The van der Waals surface area contributed by atoms with Gasteiger partial charge in [-0.1, -0.05) is 36.4 Å². The monoisotopic (exact) mass is 233 g/mol. The van der Waals surface area contributed by atoms with Crippen LogP contribution in [0.25, 0.3) is 0 Å². The number of benzene rings is 1. The number of halogens is 1. The van der Waals surface area contributed by atoms with E-state index < -0.39 is 17.7 Å². The van der Waals surface area contributed by atoms with Gasteiger partial charge in [-0.2, -0.15) is 0 Å². The average molecular weight is 234 g/mol. The zero-order valence-electron chi connectivity index (χ0n) is 7.44. The van der Waals surface area contributed by atoms with Crippen molar-refractivity contribution in [2.45, 2.75) is 12.6 Å². The Morgan fingerprint density at radius 3 is 2.57 bits per heavy atom. The maximum Gasteiger partial charge on any atom is 0.273 e. The molecule has 14 heavy (non-hydrogen) atoms. The van der Waals surface area contributed by atoms with Crippen molar-refractivity contribution in [3.05, 3.63) is 39.9 Å². The molecule has 0 aliphatic carbocycles. The minimum absolute atomic E-state index is 0.0287. The standard InChI is InChI=1S/C8H9ClNO3P/c1-6(14(9)13)7-4-2-3-5-8(7)10(11)12/h2-6,14H,1H3. The highest BCUT2D eigenvalue weighted by molar-refractivity contribution is 7.74. The molecule has 0 saturated carbocycles. The molecule has 6 heteroatoms. The maximum atomic E-state index is 11.0. The molecule has 76 valence electrons. The Balaban J connectivity index is 3.19. The van der Waals surface area contributed by atoms with E-state index in [0.29, 0.717) is 5.56 Å². The van der Waals surface area contributed by atoms with E-state index in [9.17, 15) is 14.7 Å². The van der Waals surface area contributed by atoms with Crippen LogP contribution in [0.1, 0.15) is 18.1 Å². The Hall–Kier alpha value is -0.860. The van der Waals surface area contributed by atoms with Crippen LogP contribution in [0.5, 0.6) is 0 Å². The molecule has 0 heterocycles. The lowest BCUT2D eigenvalue weighted by molar-refractivity contribution is -0.385. The molecular weight excluding hydrogens is 225 g/mol. The molecule has 1 aromatic rings. The maximum absolute atomic E-state index is 11.0. The summed E-state index contributed by atoms with van der Waals surface area (Å²) in [4.78, 5) is 10.1. The summed E-state index contributed by atoms with van der Waals surface area (Å²) in [7, 11) is -2.30. The van der Waals surface area contributed by atoms with Crippen LogP contribution >= 0.6 is 18.4 Å². The van der Waals surface area contributed by atoms with E-state index in [0.717, 1.165) is 0 Å². The summed E-state index contributed by atoms with van der Waals surface area (Å²) < 4.78 is 11.0. The van der Waals surface area contributed by atoms with Crippen molar-refractivity contribution in [2.75, 3.05) is 0 Å². The van der Waals surface area contributed by atoms with Crippen LogP contribution in [-0.4, -0.2) is 4.92 Å². The smallest absolute Gasteiger partial charge is 0.273 e. The molecule has 1 aromatic carbocycles. The normalized spacial score (nSPS) is 14.7. The number of hydrogen-bond donors (Lipinski definition) is 0. The van der Waals surface area contributed by atoms with E-state index in [2.05, 4.69) is 0 Å². The molecule has 0 aliphatic heterocycles. The SMILES string of the molecule is CC(c1ccccc1[N+](=O)[O-])[PH](=O)Cl.